The van der Waals surface area contributed by atoms with Gasteiger partial charge in [-0.15, -0.1) is 0 Å². The van der Waals surface area contributed by atoms with Gasteiger partial charge in [0, 0.05) is 33.0 Å². The Morgan fingerprint density at radius 1 is 0.339 bits per heavy atom. The zero-order valence-corrected chi connectivity index (χ0v) is 29.5. The van der Waals surface area contributed by atoms with Crippen LogP contribution in [-0.2, 0) is 24.7 Å². The van der Waals surface area contributed by atoms with E-state index in [1.165, 1.54) is 12.1 Å². The lowest BCUT2D eigenvalue weighted by Gasteiger charge is -2.19. The Labute approximate surface area is 325 Å². The zero-order chi connectivity index (χ0) is 42.1. The summed E-state index contributed by atoms with van der Waals surface area (Å²) in [5.74, 6) is 0.210. The van der Waals surface area contributed by atoms with Crippen LogP contribution in [0.3, 0.4) is 0 Å². The van der Waals surface area contributed by atoms with E-state index < -0.39 is 58.1 Å². The minimum absolute atomic E-state index is 0.0102. The molecule has 0 saturated heterocycles. The predicted octanol–water partition coefficient (Wildman–Crippen LogP) is 13.7. The molecule has 0 amide bonds. The summed E-state index contributed by atoms with van der Waals surface area (Å²) in [5.41, 5.74) is -6.92. The molecule has 0 atom stereocenters. The fourth-order valence-corrected chi connectivity index (χ4v) is 6.78. The van der Waals surface area contributed by atoms with Crippen LogP contribution in [0, 0.1) is 0 Å². The summed E-state index contributed by atoms with van der Waals surface area (Å²) in [7, 11) is 0. The van der Waals surface area contributed by atoms with Crippen LogP contribution < -0.4 is 0 Å². The molecule has 0 radical (unpaired) electrons. The number of hydrogen-bond donors (Lipinski definition) is 0. The summed E-state index contributed by atoms with van der Waals surface area (Å²) < 4.78 is 171. The first kappa shape index (κ1) is 39.1. The Balaban J connectivity index is 1.51. The second-order valence-corrected chi connectivity index (χ2v) is 13.4. The summed E-state index contributed by atoms with van der Waals surface area (Å²) in [4.78, 5) is 13.8. The third-order valence-electron chi connectivity index (χ3n) is 9.52. The van der Waals surface area contributed by atoms with Crippen molar-refractivity contribution < 1.29 is 52.7 Å². The lowest BCUT2D eigenvalue weighted by molar-refractivity contribution is -0.143. The highest BCUT2D eigenvalue weighted by Crippen LogP contribution is 2.45. The van der Waals surface area contributed by atoms with Gasteiger partial charge < -0.3 is 4.57 Å². The number of benzene rings is 6. The van der Waals surface area contributed by atoms with E-state index in [4.69, 9.17) is 0 Å². The van der Waals surface area contributed by atoms with Crippen molar-refractivity contribution in [2.45, 2.75) is 24.7 Å². The first-order valence-electron chi connectivity index (χ1n) is 17.3. The summed E-state index contributed by atoms with van der Waals surface area (Å²) in [6.45, 7) is 0. The van der Waals surface area contributed by atoms with Crippen LogP contribution >= 0.6 is 0 Å². The van der Waals surface area contributed by atoms with Crippen molar-refractivity contribution in [2.75, 3.05) is 0 Å². The lowest BCUT2D eigenvalue weighted by atomic mass is 9.96. The molecular weight excluding hydrogens is 800 g/mol. The summed E-state index contributed by atoms with van der Waals surface area (Å²) in [6.07, 6.45) is -20.5. The fourth-order valence-electron chi connectivity index (χ4n) is 6.78. The largest absolute Gasteiger partial charge is 0.416 e. The van der Waals surface area contributed by atoms with Gasteiger partial charge in [-0.1, -0.05) is 84.9 Å². The first-order valence-corrected chi connectivity index (χ1v) is 17.3. The minimum atomic E-state index is -5.29. The Kier molecular flexibility index (Phi) is 9.28. The fraction of sp³-hybridized carbons (Fsp3) is 0.0930. The number of hydrogen-bond acceptors (Lipinski definition) is 3. The number of alkyl halides is 12. The van der Waals surface area contributed by atoms with Crippen molar-refractivity contribution >= 4 is 21.8 Å². The monoisotopic (exact) mass is 822 g/mol. The van der Waals surface area contributed by atoms with Crippen LogP contribution in [0.15, 0.2) is 133 Å². The standard InChI is InChI=1S/C43H22F12N4/c44-40(45,46)27-12-15-32-33-16-13-28(41(47,48)49)22-36(33)59(35(32)21-27)34-19-25(11-14-31(34)26-17-29(42(50,51)52)20-30(18-26)43(53,54)55)39-57-37(23-7-3-1-4-8-23)56-38(58-39)24-9-5-2-6-10-24/h1-22H. The quantitative estimate of drug-likeness (QED) is 0.162. The lowest BCUT2D eigenvalue weighted by Crippen LogP contribution is -2.11. The highest BCUT2D eigenvalue weighted by Gasteiger charge is 2.38. The van der Waals surface area contributed by atoms with Gasteiger partial charge in [0.2, 0.25) is 0 Å². The molecule has 8 aromatic rings. The van der Waals surface area contributed by atoms with Gasteiger partial charge in [-0.25, -0.2) is 15.0 Å². The minimum Gasteiger partial charge on any atom is -0.309 e. The molecule has 59 heavy (non-hydrogen) atoms. The summed E-state index contributed by atoms with van der Waals surface area (Å²) >= 11 is 0. The third-order valence-corrected chi connectivity index (χ3v) is 9.52. The van der Waals surface area contributed by atoms with Gasteiger partial charge in [0.1, 0.15) is 0 Å². The van der Waals surface area contributed by atoms with Gasteiger partial charge in [0.25, 0.3) is 0 Å². The molecule has 6 aromatic carbocycles. The van der Waals surface area contributed by atoms with Crippen LogP contribution in [0.1, 0.15) is 22.3 Å². The number of fused-ring (bicyclic) bond motifs is 3. The Morgan fingerprint density at radius 2 is 0.746 bits per heavy atom. The molecule has 4 nitrogen and oxygen atoms in total. The van der Waals surface area contributed by atoms with E-state index in [2.05, 4.69) is 15.0 Å². The van der Waals surface area contributed by atoms with Crippen molar-refractivity contribution in [3.8, 4) is 51.0 Å². The Hall–Kier alpha value is -6.71. The third kappa shape index (κ3) is 7.57. The van der Waals surface area contributed by atoms with Crippen LogP contribution in [0.4, 0.5) is 52.7 Å². The summed E-state index contributed by atoms with van der Waals surface area (Å²) in [5, 5.41) is 0.0204. The van der Waals surface area contributed by atoms with Gasteiger partial charge in [-0.3, -0.25) is 0 Å². The second-order valence-electron chi connectivity index (χ2n) is 13.4. The van der Waals surface area contributed by atoms with E-state index in [9.17, 15) is 52.7 Å². The topological polar surface area (TPSA) is 43.6 Å². The molecule has 0 saturated carbocycles. The van der Waals surface area contributed by atoms with E-state index in [-0.39, 0.29) is 56.6 Å². The predicted molar refractivity (Wildman–Crippen MR) is 196 cm³/mol. The average molecular weight is 823 g/mol. The molecule has 0 unspecified atom stereocenters. The van der Waals surface area contributed by atoms with Gasteiger partial charge in [0.05, 0.1) is 39.0 Å². The molecular formula is C43H22F12N4. The Morgan fingerprint density at radius 3 is 1.15 bits per heavy atom. The van der Waals surface area contributed by atoms with Crippen molar-refractivity contribution in [2.24, 2.45) is 0 Å². The van der Waals surface area contributed by atoms with Gasteiger partial charge in [-0.05, 0) is 54.1 Å². The van der Waals surface area contributed by atoms with E-state index in [1.807, 2.05) is 0 Å². The van der Waals surface area contributed by atoms with Crippen LogP contribution in [0.2, 0.25) is 0 Å². The molecule has 0 spiro atoms. The molecule has 2 aromatic heterocycles. The SMILES string of the molecule is FC(F)(F)c1cc(-c2ccc(-c3nc(-c4ccccc4)nc(-c4ccccc4)n3)cc2-n2c3cc(C(F)(F)F)ccc3c3ccc(C(F)(F)F)cc32)cc(C(F)(F)F)c1. The first-order chi connectivity index (χ1) is 27.8. The molecule has 0 aliphatic heterocycles. The highest BCUT2D eigenvalue weighted by atomic mass is 19.4. The number of rotatable bonds is 5. The van der Waals surface area contributed by atoms with Crippen LogP contribution in [0.5, 0.6) is 0 Å². The van der Waals surface area contributed by atoms with Gasteiger partial charge in [-0.2, -0.15) is 52.7 Å². The van der Waals surface area contributed by atoms with E-state index in [0.717, 1.165) is 22.8 Å². The van der Waals surface area contributed by atoms with Crippen molar-refractivity contribution in [3.05, 3.63) is 156 Å². The van der Waals surface area contributed by atoms with Crippen molar-refractivity contribution in [1.82, 2.24) is 19.5 Å². The second kappa shape index (κ2) is 14.0. The van der Waals surface area contributed by atoms with Gasteiger partial charge >= 0.3 is 24.7 Å². The van der Waals surface area contributed by atoms with Crippen molar-refractivity contribution in [3.63, 3.8) is 0 Å². The number of halogens is 12. The number of nitrogens with zero attached hydrogens (tertiary/aromatic N) is 4. The molecule has 0 fully saturated rings. The molecule has 16 heteroatoms. The van der Waals surface area contributed by atoms with Crippen LogP contribution in [0.25, 0.3) is 72.8 Å². The van der Waals surface area contributed by atoms with Gasteiger partial charge in [0.15, 0.2) is 17.5 Å². The highest BCUT2D eigenvalue weighted by molar-refractivity contribution is 6.10. The molecule has 0 aliphatic carbocycles. The maximum Gasteiger partial charge on any atom is 0.416 e. The summed E-state index contributed by atoms with van der Waals surface area (Å²) in [6, 6.07) is 26.3. The van der Waals surface area contributed by atoms with Crippen molar-refractivity contribution in [1.29, 1.82) is 0 Å². The molecule has 8 rings (SSSR count). The normalized spacial score (nSPS) is 12.7. The van der Waals surface area contributed by atoms with E-state index in [1.54, 1.807) is 60.7 Å². The number of aromatic nitrogens is 4. The zero-order valence-electron chi connectivity index (χ0n) is 29.5. The molecule has 2 heterocycles. The molecule has 0 aliphatic rings. The smallest absolute Gasteiger partial charge is 0.309 e. The molecule has 0 N–H and O–H groups in total. The molecule has 298 valence electrons. The maximum atomic E-state index is 14.2. The van der Waals surface area contributed by atoms with Crippen LogP contribution in [-0.4, -0.2) is 19.5 Å². The van der Waals surface area contributed by atoms with E-state index in [0.29, 0.717) is 47.5 Å². The van der Waals surface area contributed by atoms with E-state index >= 15 is 0 Å². The maximum absolute atomic E-state index is 14.2. The Bertz CT molecular complexity index is 2710. The average Bonchev–Trinajstić information content (AvgIpc) is 3.52. The molecule has 0 bridgehead atoms.